The molecule has 1 saturated heterocycles. The number of unbranched alkanes of at least 4 members (excludes halogenated alkanes) is 1. The van der Waals surface area contributed by atoms with Crippen LogP contribution in [-0.2, 0) is 45.9 Å². The second-order valence-electron chi connectivity index (χ2n) is 16.1. The average Bonchev–Trinajstić information content (AvgIpc) is 3.85. The van der Waals surface area contributed by atoms with E-state index in [4.69, 9.17) is 14.2 Å². The van der Waals surface area contributed by atoms with E-state index in [1.807, 2.05) is 93.8 Å². The molecule has 0 bridgehead atoms. The van der Waals surface area contributed by atoms with Gasteiger partial charge in [0.15, 0.2) is 13.9 Å². The minimum atomic E-state index is -2.91. The minimum Gasteiger partial charge on any atom is -0.497 e. The van der Waals surface area contributed by atoms with Gasteiger partial charge in [0, 0.05) is 55.1 Å². The molecule has 14 nitrogen and oxygen atoms in total. The lowest BCUT2D eigenvalue weighted by atomic mass is 9.82. The maximum atomic E-state index is 15.2. The van der Waals surface area contributed by atoms with Gasteiger partial charge in [-0.1, -0.05) is 24.3 Å². The Bertz CT molecular complexity index is 2110. The van der Waals surface area contributed by atoms with Gasteiger partial charge >= 0.3 is 0 Å². The first-order valence-corrected chi connectivity index (χ1v) is 23.4. The molecule has 310 valence electrons. The van der Waals surface area contributed by atoms with Crippen LogP contribution < -0.4 is 24.6 Å². The van der Waals surface area contributed by atoms with Crippen LogP contribution in [0.1, 0.15) is 55.5 Å². The number of fused-ring (bicyclic) bond motifs is 3. The lowest BCUT2D eigenvalue weighted by Gasteiger charge is -2.35. The van der Waals surface area contributed by atoms with Gasteiger partial charge in [-0.3, -0.25) is 19.2 Å². The van der Waals surface area contributed by atoms with Crippen LogP contribution in [0.3, 0.4) is 0 Å². The van der Waals surface area contributed by atoms with Gasteiger partial charge in [-0.15, -0.1) is 5.10 Å². The molecule has 1 aromatic heterocycles. The fourth-order valence-corrected chi connectivity index (χ4v) is 11.8. The zero-order valence-electron chi connectivity index (χ0n) is 34.1. The number of nitrogens with zero attached hydrogens (tertiary/aromatic N) is 5. The van der Waals surface area contributed by atoms with Crippen molar-refractivity contribution in [2.75, 3.05) is 43.3 Å². The van der Waals surface area contributed by atoms with Crippen LogP contribution >= 0.6 is 0 Å². The Labute approximate surface area is 340 Å². The van der Waals surface area contributed by atoms with Crippen LogP contribution in [0.25, 0.3) is 0 Å². The van der Waals surface area contributed by atoms with Gasteiger partial charge in [-0.25, -0.2) is 0 Å². The first-order valence-electron chi connectivity index (χ1n) is 20.4. The zero-order chi connectivity index (χ0) is 41.2. The van der Waals surface area contributed by atoms with E-state index >= 15 is 4.79 Å². The van der Waals surface area contributed by atoms with Crippen LogP contribution in [0.4, 0.5) is 17.1 Å². The lowest BCUT2D eigenvalue weighted by Crippen LogP contribution is -2.49. The molecule has 0 aliphatic carbocycles. The van der Waals surface area contributed by atoms with Crippen LogP contribution in [0.2, 0.25) is 18.6 Å². The molecular weight excluding hydrogens is 757 g/mol. The summed E-state index contributed by atoms with van der Waals surface area (Å²) in [6, 6.07) is 18.7. The summed E-state index contributed by atoms with van der Waals surface area (Å²) in [7, 11) is -1.32. The van der Waals surface area contributed by atoms with Crippen LogP contribution in [0.15, 0.2) is 66.9 Å². The van der Waals surface area contributed by atoms with Gasteiger partial charge in [0.05, 0.1) is 49.5 Å². The number of hydrogen-bond acceptors (Lipinski definition) is 11. The highest BCUT2D eigenvalue weighted by molar-refractivity contribution is 6.71. The van der Waals surface area contributed by atoms with Crippen molar-refractivity contribution in [1.29, 1.82) is 0 Å². The number of methoxy groups -OCH3 is 1. The number of aliphatic hydroxyl groups excluding tert-OH is 2. The van der Waals surface area contributed by atoms with Crippen molar-refractivity contribution >= 4 is 37.2 Å². The third-order valence-corrected chi connectivity index (χ3v) is 14.3. The maximum absolute atomic E-state index is 15.2. The SMILES string of the molecule is CCOc1ccc2c(c1)CC(NCCCCO)C(=O)N2c1cccc(CN2C(=O)[C@@]3(O[C@@H](CCn4cc(CCO)nn4)[C@H]([Si](C)(C)O)[C@H]3C)c3cc(OC)ccc32)c1. The first-order chi connectivity index (χ1) is 27.9. The highest BCUT2D eigenvalue weighted by atomic mass is 28.4. The molecule has 1 unspecified atom stereocenters. The molecule has 1 spiro atoms. The summed E-state index contributed by atoms with van der Waals surface area (Å²) in [5.74, 6) is 0.680. The van der Waals surface area contributed by atoms with Crippen molar-refractivity contribution < 1.29 is 38.8 Å². The number of anilines is 3. The number of rotatable bonds is 17. The first kappa shape index (κ1) is 41.5. The number of benzene rings is 3. The monoisotopic (exact) mass is 812 g/mol. The van der Waals surface area contributed by atoms with Crippen molar-refractivity contribution in [3.63, 3.8) is 0 Å². The highest BCUT2D eigenvalue weighted by Crippen LogP contribution is 2.60. The summed E-state index contributed by atoms with van der Waals surface area (Å²) in [6.07, 6.45) is 4.17. The molecule has 2 amide bonds. The summed E-state index contributed by atoms with van der Waals surface area (Å²) in [6.45, 7) is 9.64. The van der Waals surface area contributed by atoms with Gasteiger partial charge in [-0.05, 0) is 112 Å². The second kappa shape index (κ2) is 17.3. The lowest BCUT2D eigenvalue weighted by molar-refractivity contribution is -0.146. The maximum Gasteiger partial charge on any atom is 0.264 e. The molecule has 7 rings (SSSR count). The Morgan fingerprint density at radius 3 is 2.55 bits per heavy atom. The van der Waals surface area contributed by atoms with Crippen LogP contribution in [-0.4, -0.2) is 95.8 Å². The Hall–Kier alpha value is -4.64. The molecule has 4 aromatic rings. The number of aryl methyl sites for hydroxylation is 1. The molecule has 1 fully saturated rings. The zero-order valence-corrected chi connectivity index (χ0v) is 35.1. The predicted octanol–water partition coefficient (Wildman–Crippen LogP) is 4.61. The third-order valence-electron chi connectivity index (χ3n) is 11.8. The van der Waals surface area contributed by atoms with E-state index in [0.29, 0.717) is 73.8 Å². The van der Waals surface area contributed by atoms with E-state index in [-0.39, 0.29) is 43.0 Å². The average molecular weight is 813 g/mol. The van der Waals surface area contributed by atoms with Crippen LogP contribution in [0.5, 0.6) is 11.5 Å². The minimum absolute atomic E-state index is 0.0205. The van der Waals surface area contributed by atoms with Crippen molar-refractivity contribution in [2.24, 2.45) is 5.92 Å². The largest absolute Gasteiger partial charge is 0.497 e. The molecule has 5 atom stereocenters. The molecule has 3 aliphatic rings. The van der Waals surface area contributed by atoms with Crippen molar-refractivity contribution in [3.05, 3.63) is 89.2 Å². The van der Waals surface area contributed by atoms with Gasteiger partial charge in [0.25, 0.3) is 5.91 Å². The van der Waals surface area contributed by atoms with Crippen molar-refractivity contribution in [3.8, 4) is 11.5 Å². The van der Waals surface area contributed by atoms with Crippen LogP contribution in [0, 0.1) is 5.92 Å². The number of amides is 2. The number of aliphatic hydroxyl groups is 2. The molecule has 3 aromatic carbocycles. The highest BCUT2D eigenvalue weighted by Gasteiger charge is 2.66. The topological polar surface area (TPSA) is 172 Å². The van der Waals surface area contributed by atoms with E-state index in [1.165, 1.54) is 0 Å². The summed E-state index contributed by atoms with van der Waals surface area (Å²) >= 11 is 0. The summed E-state index contributed by atoms with van der Waals surface area (Å²) in [4.78, 5) is 44.8. The fraction of sp³-hybridized carbons (Fsp3) is 0.488. The fourth-order valence-electron chi connectivity index (χ4n) is 9.24. The van der Waals surface area contributed by atoms with Crippen molar-refractivity contribution in [1.82, 2.24) is 20.3 Å². The standard InChI is InChI=1S/C43H56N6O8Si/c1-6-56-34-13-14-37-30(23-34)24-36(44-18-7-8-20-50)41(52)49(37)32-11-9-10-29(22-32)26-48-38-15-12-33(55-3)25-35(38)43(42(48)53)28(2)40(58(4,5)54)39(57-43)16-19-47-27-31(17-21-51)45-46-47/h9-15,22-23,25,27-28,36,39-40,44,50-51,54H,6-8,16-21,24,26H2,1-5H3/t28-,36?,39+,40-,43+/m1/s1. The quantitative estimate of drug-likeness (QED) is 0.0868. The Balaban J connectivity index is 1.21. The Morgan fingerprint density at radius 2 is 1.81 bits per heavy atom. The second-order valence-corrected chi connectivity index (χ2v) is 20.1. The Morgan fingerprint density at radius 1 is 1.02 bits per heavy atom. The molecular formula is C43H56N6O8Si. The number of carbonyl (C=O) groups excluding carboxylic acids is 2. The van der Waals surface area contributed by atoms with Crippen molar-refractivity contribution in [2.45, 2.75) is 95.4 Å². The molecule has 4 N–H and O–H groups in total. The molecule has 0 saturated carbocycles. The number of hydrogen-bond donors (Lipinski definition) is 4. The smallest absolute Gasteiger partial charge is 0.264 e. The number of aromatic nitrogens is 3. The number of ether oxygens (including phenoxy) is 3. The van der Waals surface area contributed by atoms with Gasteiger partial charge in [0.2, 0.25) is 5.91 Å². The summed E-state index contributed by atoms with van der Waals surface area (Å²) in [5.41, 5.74) is 3.72. The molecule has 58 heavy (non-hydrogen) atoms. The van der Waals surface area contributed by atoms with E-state index in [1.54, 1.807) is 21.6 Å². The van der Waals surface area contributed by atoms with E-state index in [9.17, 15) is 19.8 Å². The Kier molecular flexibility index (Phi) is 12.4. The van der Waals surface area contributed by atoms with E-state index in [0.717, 1.165) is 29.0 Å². The third kappa shape index (κ3) is 7.90. The number of carbonyl (C=O) groups is 2. The molecule has 3 aliphatic heterocycles. The van der Waals surface area contributed by atoms with Gasteiger partial charge in [-0.2, -0.15) is 0 Å². The normalized spacial score (nSPS) is 22.8. The van der Waals surface area contributed by atoms with Gasteiger partial charge < -0.3 is 39.4 Å². The molecule has 15 heteroatoms. The molecule has 4 heterocycles. The predicted molar refractivity (Wildman–Crippen MR) is 222 cm³/mol. The summed E-state index contributed by atoms with van der Waals surface area (Å²) < 4.78 is 20.3. The van der Waals surface area contributed by atoms with Gasteiger partial charge in [0.1, 0.15) is 11.5 Å². The van der Waals surface area contributed by atoms with E-state index < -0.39 is 26.1 Å². The summed E-state index contributed by atoms with van der Waals surface area (Å²) in [5, 5.41) is 30.5. The number of nitrogens with one attached hydrogen (secondary N) is 1. The van der Waals surface area contributed by atoms with E-state index in [2.05, 4.69) is 15.6 Å². The molecule has 0 radical (unpaired) electrons.